The average molecular weight is 371 g/mol. The number of Topliss-reactive ketones (excluding diaryl/α,β-unsaturated/α-hetero) is 1. The van der Waals surface area contributed by atoms with Crippen LogP contribution in [0.15, 0.2) is 24.3 Å². The quantitative estimate of drug-likeness (QED) is 0.641. The molecule has 25 heavy (non-hydrogen) atoms. The zero-order valence-electron chi connectivity index (χ0n) is 13.0. The van der Waals surface area contributed by atoms with Gasteiger partial charge in [0.1, 0.15) is 0 Å². The molecule has 0 atom stereocenters. The van der Waals surface area contributed by atoms with Gasteiger partial charge >= 0.3 is 6.18 Å². The van der Waals surface area contributed by atoms with E-state index in [4.69, 9.17) is 0 Å². The maximum absolute atomic E-state index is 12.6. The molecule has 10 heteroatoms. The number of aryl methyl sites for hydroxylation is 1. The summed E-state index contributed by atoms with van der Waals surface area (Å²) in [5.41, 5.74) is 3.20. The Bertz CT molecular complexity index is 846. The van der Waals surface area contributed by atoms with Crippen LogP contribution >= 0.6 is 11.3 Å². The van der Waals surface area contributed by atoms with Crippen LogP contribution in [0.1, 0.15) is 48.0 Å². The molecule has 2 rings (SSSR count). The maximum atomic E-state index is 12.6. The van der Waals surface area contributed by atoms with Crippen LogP contribution in [0.2, 0.25) is 0 Å². The van der Waals surface area contributed by atoms with Crippen molar-refractivity contribution in [2.24, 2.45) is 0 Å². The molecule has 1 aromatic heterocycles. The third-order valence-corrected chi connectivity index (χ3v) is 4.31. The molecule has 2 amide bonds. The lowest BCUT2D eigenvalue weighted by Crippen LogP contribution is -2.41. The number of aromatic nitrogens is 1. The van der Waals surface area contributed by atoms with Gasteiger partial charge in [0, 0.05) is 12.5 Å². The average Bonchev–Trinajstić information content (AvgIpc) is 2.94. The SMILES string of the molecule is CC(=O)c1sc(C(=O)NNC(=O)c2cccc(C(F)(F)F)c2)nc1C. The summed E-state index contributed by atoms with van der Waals surface area (Å²) < 4.78 is 37.9. The van der Waals surface area contributed by atoms with Crippen LogP contribution in [0, 0.1) is 6.92 Å². The number of ketones is 1. The highest BCUT2D eigenvalue weighted by Crippen LogP contribution is 2.29. The summed E-state index contributed by atoms with van der Waals surface area (Å²) in [6, 6.07) is 3.76. The number of hydrogen-bond donors (Lipinski definition) is 2. The van der Waals surface area contributed by atoms with Crippen LogP contribution in [0.25, 0.3) is 0 Å². The molecule has 1 aromatic carbocycles. The largest absolute Gasteiger partial charge is 0.416 e. The van der Waals surface area contributed by atoms with E-state index < -0.39 is 23.6 Å². The normalized spacial score (nSPS) is 11.1. The smallest absolute Gasteiger partial charge is 0.294 e. The molecule has 0 saturated heterocycles. The van der Waals surface area contributed by atoms with Crippen molar-refractivity contribution < 1.29 is 27.6 Å². The Balaban J connectivity index is 2.06. The minimum atomic E-state index is -4.58. The number of carbonyl (C=O) groups excluding carboxylic acids is 3. The molecule has 0 aliphatic rings. The van der Waals surface area contributed by atoms with Crippen LogP contribution in [0.3, 0.4) is 0 Å². The van der Waals surface area contributed by atoms with E-state index in [1.807, 2.05) is 5.43 Å². The molecule has 2 aromatic rings. The van der Waals surface area contributed by atoms with Crippen molar-refractivity contribution in [3.05, 3.63) is 51.0 Å². The van der Waals surface area contributed by atoms with E-state index in [-0.39, 0.29) is 16.4 Å². The predicted molar refractivity (Wildman–Crippen MR) is 83.2 cm³/mol. The van der Waals surface area contributed by atoms with Crippen LogP contribution in [0.4, 0.5) is 13.2 Å². The molecule has 0 unspecified atom stereocenters. The van der Waals surface area contributed by atoms with Gasteiger partial charge in [0.25, 0.3) is 11.8 Å². The Kier molecular flexibility index (Phi) is 5.21. The van der Waals surface area contributed by atoms with Gasteiger partial charge in [-0.3, -0.25) is 25.2 Å². The second-order valence-corrected chi connectivity index (χ2v) is 5.98. The fourth-order valence-corrected chi connectivity index (χ4v) is 2.75. The fourth-order valence-electron chi connectivity index (χ4n) is 1.90. The number of amides is 2. The van der Waals surface area contributed by atoms with E-state index in [1.165, 1.54) is 13.0 Å². The van der Waals surface area contributed by atoms with Gasteiger partial charge in [-0.2, -0.15) is 13.2 Å². The van der Waals surface area contributed by atoms with Crippen molar-refractivity contribution in [2.45, 2.75) is 20.0 Å². The van der Waals surface area contributed by atoms with Crippen LogP contribution in [0.5, 0.6) is 0 Å². The van der Waals surface area contributed by atoms with E-state index in [9.17, 15) is 27.6 Å². The van der Waals surface area contributed by atoms with Crippen LogP contribution < -0.4 is 10.9 Å². The molecule has 0 aliphatic heterocycles. The van der Waals surface area contributed by atoms with Crippen LogP contribution in [-0.2, 0) is 6.18 Å². The molecule has 0 aliphatic carbocycles. The number of hydrogen-bond acceptors (Lipinski definition) is 5. The highest BCUT2D eigenvalue weighted by atomic mass is 32.1. The number of alkyl halides is 3. The van der Waals surface area contributed by atoms with E-state index in [0.717, 1.165) is 23.5 Å². The number of nitrogens with one attached hydrogen (secondary N) is 2. The van der Waals surface area contributed by atoms with Crippen molar-refractivity contribution in [3.63, 3.8) is 0 Å². The third-order valence-electron chi connectivity index (χ3n) is 3.05. The van der Waals surface area contributed by atoms with E-state index in [0.29, 0.717) is 16.6 Å². The molecule has 132 valence electrons. The molecular weight excluding hydrogens is 359 g/mol. The Morgan fingerprint density at radius 2 is 1.76 bits per heavy atom. The summed E-state index contributed by atoms with van der Waals surface area (Å²) in [5, 5.41) is -0.0490. The molecule has 0 bridgehead atoms. The van der Waals surface area contributed by atoms with Gasteiger partial charge in [-0.1, -0.05) is 6.07 Å². The van der Waals surface area contributed by atoms with Crippen LogP contribution in [-0.4, -0.2) is 22.6 Å². The number of nitrogens with zero attached hydrogens (tertiary/aromatic N) is 1. The highest BCUT2D eigenvalue weighted by Gasteiger charge is 2.31. The monoisotopic (exact) mass is 371 g/mol. The number of benzene rings is 1. The number of halogens is 3. The summed E-state index contributed by atoms with van der Waals surface area (Å²) in [5.74, 6) is -1.94. The van der Waals surface area contributed by atoms with Crippen molar-refractivity contribution in [2.75, 3.05) is 0 Å². The second kappa shape index (κ2) is 7.01. The summed E-state index contributed by atoms with van der Waals surface area (Å²) in [7, 11) is 0. The molecule has 0 saturated carbocycles. The summed E-state index contributed by atoms with van der Waals surface area (Å²) >= 11 is 0.856. The molecule has 0 fully saturated rings. The molecule has 6 nitrogen and oxygen atoms in total. The Morgan fingerprint density at radius 1 is 1.12 bits per heavy atom. The number of hydrazine groups is 1. The first-order valence-electron chi connectivity index (χ1n) is 6.86. The minimum absolute atomic E-state index is 0.0490. The van der Waals surface area contributed by atoms with Gasteiger partial charge in [0.2, 0.25) is 0 Å². The van der Waals surface area contributed by atoms with Crippen molar-refractivity contribution in [1.29, 1.82) is 0 Å². The standard InChI is InChI=1S/C15H12F3N3O3S/c1-7-11(8(2)22)25-14(19-7)13(24)21-20-12(23)9-4-3-5-10(6-9)15(16,17)18/h3-6H,1-2H3,(H,20,23)(H,21,24). The molecule has 2 N–H and O–H groups in total. The Labute approximate surface area is 144 Å². The van der Waals surface area contributed by atoms with Gasteiger partial charge in [-0.15, -0.1) is 11.3 Å². The van der Waals surface area contributed by atoms with Crippen molar-refractivity contribution >= 4 is 28.9 Å². The summed E-state index contributed by atoms with van der Waals surface area (Å²) in [6.07, 6.45) is -4.58. The third kappa shape index (κ3) is 4.41. The predicted octanol–water partition coefficient (Wildman–Crippen LogP) is 2.75. The Hall–Kier alpha value is -2.75. The number of rotatable bonds is 3. The second-order valence-electron chi connectivity index (χ2n) is 4.98. The fraction of sp³-hybridized carbons (Fsp3) is 0.200. The van der Waals surface area contributed by atoms with Gasteiger partial charge in [0.15, 0.2) is 10.8 Å². The molecule has 0 radical (unpaired) electrons. The highest BCUT2D eigenvalue weighted by molar-refractivity contribution is 7.15. The lowest BCUT2D eigenvalue weighted by atomic mass is 10.1. The minimum Gasteiger partial charge on any atom is -0.294 e. The molecule has 1 heterocycles. The first-order valence-corrected chi connectivity index (χ1v) is 7.67. The first-order chi connectivity index (χ1) is 11.6. The summed E-state index contributed by atoms with van der Waals surface area (Å²) in [6.45, 7) is 2.89. The topological polar surface area (TPSA) is 88.2 Å². The molecular formula is C15H12F3N3O3S. The van der Waals surface area contributed by atoms with Crippen molar-refractivity contribution in [3.8, 4) is 0 Å². The Morgan fingerprint density at radius 3 is 2.32 bits per heavy atom. The zero-order chi connectivity index (χ0) is 18.8. The number of thiazole rings is 1. The lowest BCUT2D eigenvalue weighted by Gasteiger charge is -2.09. The van der Waals surface area contributed by atoms with Gasteiger partial charge < -0.3 is 0 Å². The molecule has 0 spiro atoms. The van der Waals surface area contributed by atoms with E-state index in [1.54, 1.807) is 6.92 Å². The van der Waals surface area contributed by atoms with E-state index >= 15 is 0 Å². The maximum Gasteiger partial charge on any atom is 0.416 e. The van der Waals surface area contributed by atoms with E-state index in [2.05, 4.69) is 10.4 Å². The zero-order valence-corrected chi connectivity index (χ0v) is 13.8. The van der Waals surface area contributed by atoms with Crippen molar-refractivity contribution in [1.82, 2.24) is 15.8 Å². The van der Waals surface area contributed by atoms with Gasteiger partial charge in [-0.25, -0.2) is 4.98 Å². The van der Waals surface area contributed by atoms with Gasteiger partial charge in [-0.05, 0) is 25.1 Å². The first kappa shape index (κ1) is 18.6. The number of carbonyl (C=O) groups is 3. The summed E-state index contributed by atoms with van der Waals surface area (Å²) in [4.78, 5) is 39.4. The van der Waals surface area contributed by atoms with Gasteiger partial charge in [0.05, 0.1) is 16.1 Å². The lowest BCUT2D eigenvalue weighted by molar-refractivity contribution is -0.137.